The van der Waals surface area contributed by atoms with Crippen molar-refractivity contribution in [3.63, 3.8) is 0 Å². The highest BCUT2D eigenvalue weighted by molar-refractivity contribution is 6.09. The molecule has 2 rings (SSSR count). The predicted molar refractivity (Wildman–Crippen MR) is 55.5 cm³/mol. The van der Waals surface area contributed by atoms with Crippen LogP contribution >= 0.6 is 0 Å². The Labute approximate surface area is 90.2 Å². The molecule has 2 aliphatic rings. The van der Waals surface area contributed by atoms with Crippen molar-refractivity contribution in [3.8, 4) is 0 Å². The summed E-state index contributed by atoms with van der Waals surface area (Å²) >= 11 is 0. The van der Waals surface area contributed by atoms with Crippen LogP contribution in [-0.4, -0.2) is 23.8 Å². The van der Waals surface area contributed by atoms with Crippen molar-refractivity contribution in [2.24, 2.45) is 11.8 Å². The highest BCUT2D eigenvalue weighted by Crippen LogP contribution is 2.39. The molecule has 1 spiro atoms. The zero-order valence-corrected chi connectivity index (χ0v) is 9.41. The van der Waals surface area contributed by atoms with Gasteiger partial charge in [-0.05, 0) is 32.6 Å². The van der Waals surface area contributed by atoms with Gasteiger partial charge < -0.3 is 4.74 Å². The Hall–Kier alpha value is -0.700. The Bertz CT molecular complexity index is 289. The summed E-state index contributed by atoms with van der Waals surface area (Å²) in [6.45, 7) is 4.30. The molecule has 0 radical (unpaired) electrons. The first-order valence-corrected chi connectivity index (χ1v) is 5.79. The summed E-state index contributed by atoms with van der Waals surface area (Å²) in [5.74, 6) is -0.396. The molecule has 1 aliphatic carbocycles. The molecule has 0 aromatic heterocycles. The van der Waals surface area contributed by atoms with Crippen LogP contribution in [0.5, 0.6) is 0 Å². The van der Waals surface area contributed by atoms with Gasteiger partial charge in [-0.3, -0.25) is 9.59 Å². The van der Waals surface area contributed by atoms with Crippen molar-refractivity contribution in [2.75, 3.05) is 6.61 Å². The zero-order valence-electron chi connectivity index (χ0n) is 9.41. The molecule has 3 nitrogen and oxygen atoms in total. The lowest BCUT2D eigenvalue weighted by Crippen LogP contribution is -2.54. The maximum atomic E-state index is 12.1. The van der Waals surface area contributed by atoms with E-state index in [1.165, 1.54) is 0 Å². The molecular weight excluding hydrogens is 192 g/mol. The van der Waals surface area contributed by atoms with Crippen molar-refractivity contribution in [1.29, 1.82) is 0 Å². The maximum absolute atomic E-state index is 12.1. The van der Waals surface area contributed by atoms with Crippen LogP contribution in [0.4, 0.5) is 0 Å². The van der Waals surface area contributed by atoms with Gasteiger partial charge in [0, 0.05) is 12.5 Å². The molecular formula is C12H18O3. The summed E-state index contributed by atoms with van der Waals surface area (Å²) in [5, 5.41) is 0. The third-order valence-electron chi connectivity index (χ3n) is 3.74. The average molecular weight is 210 g/mol. The number of Topliss-reactive ketones (excluding diaryl/α,β-unsaturated/α-hetero) is 2. The smallest absolute Gasteiger partial charge is 0.174 e. The maximum Gasteiger partial charge on any atom is 0.174 e. The molecule has 1 saturated heterocycles. The highest BCUT2D eigenvalue weighted by Gasteiger charge is 2.50. The molecule has 15 heavy (non-hydrogen) atoms. The Balaban J connectivity index is 2.25. The molecule has 0 aromatic carbocycles. The van der Waals surface area contributed by atoms with Crippen molar-refractivity contribution in [1.82, 2.24) is 0 Å². The standard InChI is InChI=1S/C12H18O3/c1-8-7-12(5-3-4-6-15-12)11(14)9(2)10(8)13/h8-9H,3-7H2,1-2H3. The molecule has 1 heterocycles. The lowest BCUT2D eigenvalue weighted by molar-refractivity contribution is -0.168. The molecule has 0 aromatic rings. The van der Waals surface area contributed by atoms with E-state index in [0.29, 0.717) is 13.0 Å². The van der Waals surface area contributed by atoms with Crippen molar-refractivity contribution >= 4 is 11.6 Å². The first-order valence-electron chi connectivity index (χ1n) is 5.79. The van der Waals surface area contributed by atoms with E-state index in [-0.39, 0.29) is 17.5 Å². The highest BCUT2D eigenvalue weighted by atomic mass is 16.5. The van der Waals surface area contributed by atoms with Gasteiger partial charge in [0.2, 0.25) is 0 Å². The average Bonchev–Trinajstić information content (AvgIpc) is 2.25. The third kappa shape index (κ3) is 1.63. The molecule has 0 N–H and O–H groups in total. The molecule has 3 unspecified atom stereocenters. The molecule has 1 aliphatic heterocycles. The molecule has 1 saturated carbocycles. The summed E-state index contributed by atoms with van der Waals surface area (Å²) in [6.07, 6.45) is 3.47. The van der Waals surface area contributed by atoms with Crippen LogP contribution in [0.15, 0.2) is 0 Å². The second-order valence-corrected chi connectivity index (χ2v) is 4.89. The van der Waals surface area contributed by atoms with E-state index in [2.05, 4.69) is 0 Å². The largest absolute Gasteiger partial charge is 0.367 e. The molecule has 3 heteroatoms. The van der Waals surface area contributed by atoms with Gasteiger partial charge in [-0.2, -0.15) is 0 Å². The lowest BCUT2D eigenvalue weighted by Gasteiger charge is -2.42. The number of hydrogen-bond donors (Lipinski definition) is 0. The predicted octanol–water partition coefficient (Wildman–Crippen LogP) is 1.74. The summed E-state index contributed by atoms with van der Waals surface area (Å²) in [6, 6.07) is 0. The van der Waals surface area contributed by atoms with E-state index < -0.39 is 11.5 Å². The van der Waals surface area contributed by atoms with E-state index in [1.54, 1.807) is 6.92 Å². The number of rotatable bonds is 0. The second-order valence-electron chi connectivity index (χ2n) is 4.89. The molecule has 2 fully saturated rings. The van der Waals surface area contributed by atoms with Gasteiger partial charge in [0.05, 0.1) is 5.92 Å². The van der Waals surface area contributed by atoms with Crippen LogP contribution in [0.2, 0.25) is 0 Å². The van der Waals surface area contributed by atoms with Crippen LogP contribution in [0.3, 0.4) is 0 Å². The quantitative estimate of drug-likeness (QED) is 0.572. The third-order valence-corrected chi connectivity index (χ3v) is 3.74. The van der Waals surface area contributed by atoms with Crippen LogP contribution in [0.1, 0.15) is 39.5 Å². The minimum Gasteiger partial charge on any atom is -0.367 e. The van der Waals surface area contributed by atoms with Gasteiger partial charge in [0.1, 0.15) is 11.4 Å². The van der Waals surface area contributed by atoms with Crippen LogP contribution in [0, 0.1) is 11.8 Å². The van der Waals surface area contributed by atoms with Gasteiger partial charge in [-0.1, -0.05) is 6.92 Å². The summed E-state index contributed by atoms with van der Waals surface area (Å²) < 4.78 is 5.71. The normalized spacial score (nSPS) is 42.3. The number of ketones is 2. The lowest BCUT2D eigenvalue weighted by atomic mass is 9.69. The fourth-order valence-electron chi connectivity index (χ4n) is 2.85. The Morgan fingerprint density at radius 2 is 2.00 bits per heavy atom. The van der Waals surface area contributed by atoms with E-state index in [1.807, 2.05) is 6.92 Å². The van der Waals surface area contributed by atoms with Crippen LogP contribution < -0.4 is 0 Å². The topological polar surface area (TPSA) is 43.4 Å². The minimum atomic E-state index is -0.620. The van der Waals surface area contributed by atoms with Gasteiger partial charge in [0.15, 0.2) is 5.78 Å². The van der Waals surface area contributed by atoms with E-state index >= 15 is 0 Å². The van der Waals surface area contributed by atoms with Crippen molar-refractivity contribution in [3.05, 3.63) is 0 Å². The van der Waals surface area contributed by atoms with Crippen LogP contribution in [-0.2, 0) is 14.3 Å². The van der Waals surface area contributed by atoms with Gasteiger partial charge >= 0.3 is 0 Å². The summed E-state index contributed by atoms with van der Waals surface area (Å²) in [7, 11) is 0. The molecule has 84 valence electrons. The number of hydrogen-bond acceptors (Lipinski definition) is 3. The fraction of sp³-hybridized carbons (Fsp3) is 0.833. The minimum absolute atomic E-state index is 0.0188. The van der Waals surface area contributed by atoms with E-state index in [4.69, 9.17) is 4.74 Å². The van der Waals surface area contributed by atoms with E-state index in [0.717, 1.165) is 19.3 Å². The zero-order chi connectivity index (χ0) is 11.1. The Morgan fingerprint density at radius 1 is 1.27 bits per heavy atom. The van der Waals surface area contributed by atoms with Crippen LogP contribution in [0.25, 0.3) is 0 Å². The SMILES string of the molecule is CC1CC2(CCCCO2)C(=O)C(C)C1=O. The first-order chi connectivity index (χ1) is 7.07. The summed E-state index contributed by atoms with van der Waals surface area (Å²) in [4.78, 5) is 23.8. The van der Waals surface area contributed by atoms with Crippen molar-refractivity contribution in [2.45, 2.75) is 45.1 Å². The molecule has 3 atom stereocenters. The number of carbonyl (C=O) groups is 2. The molecule has 0 bridgehead atoms. The monoisotopic (exact) mass is 210 g/mol. The van der Waals surface area contributed by atoms with Gasteiger partial charge in [0.25, 0.3) is 0 Å². The first kappa shape index (κ1) is 10.8. The Kier molecular flexibility index (Phi) is 2.67. The number of carbonyl (C=O) groups excluding carboxylic acids is 2. The van der Waals surface area contributed by atoms with Gasteiger partial charge in [-0.15, -0.1) is 0 Å². The number of ether oxygens (including phenoxy) is 1. The van der Waals surface area contributed by atoms with Gasteiger partial charge in [-0.25, -0.2) is 0 Å². The molecule has 0 amide bonds. The fourth-order valence-corrected chi connectivity index (χ4v) is 2.85. The van der Waals surface area contributed by atoms with E-state index in [9.17, 15) is 9.59 Å². The van der Waals surface area contributed by atoms with Crippen molar-refractivity contribution < 1.29 is 14.3 Å². The second kappa shape index (κ2) is 3.71. The Morgan fingerprint density at radius 3 is 2.60 bits per heavy atom. The summed E-state index contributed by atoms with van der Waals surface area (Å²) in [5.41, 5.74) is -0.620.